The molecule has 2 heterocycles. The number of carbonyl (C=O) groups is 3. The smallest absolute Gasteiger partial charge is 0.336 e. The summed E-state index contributed by atoms with van der Waals surface area (Å²) in [5.41, 5.74) is 1.91. The zero-order valence-corrected chi connectivity index (χ0v) is 23.3. The molecule has 0 radical (unpaired) electrons. The number of allylic oxidation sites excluding steroid dienone is 1. The van der Waals surface area contributed by atoms with Crippen molar-refractivity contribution >= 4 is 17.8 Å². The van der Waals surface area contributed by atoms with Gasteiger partial charge in [0.25, 0.3) is 5.91 Å². The maximum absolute atomic E-state index is 13.2. The van der Waals surface area contributed by atoms with Gasteiger partial charge in [0.15, 0.2) is 5.76 Å². The molecular formula is C30H41N3O5. The second-order valence-electron chi connectivity index (χ2n) is 9.68. The van der Waals surface area contributed by atoms with Crippen LogP contribution in [0.1, 0.15) is 81.7 Å². The van der Waals surface area contributed by atoms with Crippen LogP contribution in [0, 0.1) is 0 Å². The van der Waals surface area contributed by atoms with Gasteiger partial charge in [0, 0.05) is 24.1 Å². The minimum absolute atomic E-state index is 0.0162. The summed E-state index contributed by atoms with van der Waals surface area (Å²) in [6.07, 6.45) is 2.03. The number of ether oxygens (including phenoxy) is 1. The Morgan fingerprint density at radius 3 is 2.50 bits per heavy atom. The minimum Gasteiger partial charge on any atom is -0.463 e. The average Bonchev–Trinajstić information content (AvgIpc) is 3.38. The number of furan rings is 1. The van der Waals surface area contributed by atoms with E-state index in [1.807, 2.05) is 37.3 Å². The van der Waals surface area contributed by atoms with Crippen LogP contribution in [0.15, 0.2) is 58.2 Å². The zero-order valence-electron chi connectivity index (χ0n) is 23.3. The Kier molecular flexibility index (Phi) is 10.7. The van der Waals surface area contributed by atoms with Crippen LogP contribution in [0.3, 0.4) is 0 Å². The molecule has 1 aliphatic heterocycles. The van der Waals surface area contributed by atoms with Crippen molar-refractivity contribution in [3.63, 3.8) is 0 Å². The molecule has 0 aliphatic carbocycles. The molecule has 2 atom stereocenters. The largest absolute Gasteiger partial charge is 0.463 e. The van der Waals surface area contributed by atoms with Crippen LogP contribution in [0.25, 0.3) is 0 Å². The third-order valence-electron chi connectivity index (χ3n) is 7.10. The molecular weight excluding hydrogens is 482 g/mol. The van der Waals surface area contributed by atoms with Crippen LogP contribution in [0.4, 0.5) is 0 Å². The Hall–Kier alpha value is -3.39. The maximum Gasteiger partial charge on any atom is 0.336 e. The molecule has 0 saturated carbocycles. The minimum atomic E-state index is -0.425. The van der Waals surface area contributed by atoms with Gasteiger partial charge in [-0.05, 0) is 70.9 Å². The van der Waals surface area contributed by atoms with E-state index in [9.17, 15) is 14.4 Å². The van der Waals surface area contributed by atoms with E-state index in [2.05, 4.69) is 24.1 Å². The first kappa shape index (κ1) is 29.2. The lowest BCUT2D eigenvalue weighted by molar-refractivity contribution is -0.140. The first-order valence-corrected chi connectivity index (χ1v) is 13.6. The molecule has 2 amide bonds. The van der Waals surface area contributed by atoms with Gasteiger partial charge in [-0.2, -0.15) is 0 Å². The van der Waals surface area contributed by atoms with Crippen molar-refractivity contribution in [3.8, 4) is 0 Å². The molecule has 2 unspecified atom stereocenters. The molecule has 206 valence electrons. The molecule has 0 bridgehead atoms. The van der Waals surface area contributed by atoms with Crippen molar-refractivity contribution in [3.05, 3.63) is 70.8 Å². The summed E-state index contributed by atoms with van der Waals surface area (Å²) in [4.78, 5) is 42.8. The molecule has 0 spiro atoms. The van der Waals surface area contributed by atoms with Gasteiger partial charge < -0.3 is 24.3 Å². The first-order valence-electron chi connectivity index (χ1n) is 13.6. The van der Waals surface area contributed by atoms with Crippen LogP contribution in [0.5, 0.6) is 0 Å². The Balaban J connectivity index is 1.70. The lowest BCUT2D eigenvalue weighted by Gasteiger charge is -2.34. The van der Waals surface area contributed by atoms with E-state index in [0.29, 0.717) is 17.0 Å². The van der Waals surface area contributed by atoms with Crippen molar-refractivity contribution in [2.45, 2.75) is 72.4 Å². The van der Waals surface area contributed by atoms with Crippen molar-refractivity contribution in [1.29, 1.82) is 0 Å². The van der Waals surface area contributed by atoms with E-state index in [1.54, 1.807) is 30.9 Å². The van der Waals surface area contributed by atoms with Crippen LogP contribution in [-0.4, -0.2) is 59.9 Å². The van der Waals surface area contributed by atoms with Crippen LogP contribution < -0.4 is 5.32 Å². The predicted octanol–water partition coefficient (Wildman–Crippen LogP) is 4.87. The van der Waals surface area contributed by atoms with Gasteiger partial charge in [0.05, 0.1) is 18.7 Å². The highest BCUT2D eigenvalue weighted by Gasteiger charge is 2.37. The fourth-order valence-electron chi connectivity index (χ4n) is 4.92. The molecule has 1 aliphatic rings. The van der Waals surface area contributed by atoms with E-state index >= 15 is 0 Å². The summed E-state index contributed by atoms with van der Waals surface area (Å²) in [7, 11) is 0. The molecule has 3 rings (SSSR count). The summed E-state index contributed by atoms with van der Waals surface area (Å²) >= 11 is 0. The summed E-state index contributed by atoms with van der Waals surface area (Å²) in [5.74, 6) is -0.521. The average molecular weight is 524 g/mol. The van der Waals surface area contributed by atoms with E-state index in [1.165, 1.54) is 0 Å². The molecule has 38 heavy (non-hydrogen) atoms. The lowest BCUT2D eigenvalue weighted by atomic mass is 9.83. The van der Waals surface area contributed by atoms with Gasteiger partial charge in [-0.25, -0.2) is 4.79 Å². The van der Waals surface area contributed by atoms with Crippen LogP contribution in [-0.2, 0) is 20.9 Å². The predicted molar refractivity (Wildman–Crippen MR) is 146 cm³/mol. The Morgan fingerprint density at radius 1 is 1.13 bits per heavy atom. The number of hydrogen-bond acceptors (Lipinski definition) is 6. The number of carbonyl (C=O) groups excluding carboxylic acids is 3. The van der Waals surface area contributed by atoms with E-state index in [0.717, 1.165) is 38.0 Å². The van der Waals surface area contributed by atoms with Crippen LogP contribution >= 0.6 is 0 Å². The third kappa shape index (κ3) is 7.34. The Labute approximate surface area is 226 Å². The highest BCUT2D eigenvalue weighted by molar-refractivity contribution is 5.96. The number of amides is 2. The molecule has 0 fully saturated rings. The molecule has 8 nitrogen and oxygen atoms in total. The topological polar surface area (TPSA) is 92.1 Å². The van der Waals surface area contributed by atoms with E-state index < -0.39 is 5.97 Å². The Morgan fingerprint density at radius 2 is 1.84 bits per heavy atom. The maximum atomic E-state index is 13.2. The monoisotopic (exact) mass is 523 g/mol. The second-order valence-corrected chi connectivity index (χ2v) is 9.68. The van der Waals surface area contributed by atoms with Crippen molar-refractivity contribution in [2.75, 3.05) is 26.2 Å². The first-order chi connectivity index (χ1) is 18.3. The van der Waals surface area contributed by atoms with E-state index in [-0.39, 0.29) is 49.1 Å². The third-order valence-corrected chi connectivity index (χ3v) is 7.10. The quantitative estimate of drug-likeness (QED) is 0.377. The van der Waals surface area contributed by atoms with Gasteiger partial charge in [-0.3, -0.25) is 9.59 Å². The van der Waals surface area contributed by atoms with Gasteiger partial charge in [-0.15, -0.1) is 0 Å². The zero-order chi connectivity index (χ0) is 27.7. The highest BCUT2D eigenvalue weighted by Crippen LogP contribution is 2.37. The fraction of sp³-hybridized carbons (Fsp3) is 0.500. The van der Waals surface area contributed by atoms with E-state index in [4.69, 9.17) is 9.15 Å². The SMILES string of the molecule is CCOC(=O)C1=C(C)N(Cc2ccc(C(=O)NC(C)CCCN(CC)CC)o2)C(=O)CC1c1ccccc1. The van der Waals surface area contributed by atoms with Gasteiger partial charge in [-0.1, -0.05) is 44.2 Å². The Bertz CT molecular complexity index is 1120. The lowest BCUT2D eigenvalue weighted by Crippen LogP contribution is -2.38. The number of nitrogens with zero attached hydrogens (tertiary/aromatic N) is 2. The normalized spacial score (nSPS) is 16.6. The highest BCUT2D eigenvalue weighted by atomic mass is 16.5. The van der Waals surface area contributed by atoms with Gasteiger partial charge in [0.2, 0.25) is 5.91 Å². The standard InChI is InChI=1S/C30H41N3O5/c1-6-32(7-2)18-12-13-21(4)31-29(35)26-17-16-24(38-26)20-33-22(5)28(30(36)37-8-3)25(19-27(33)34)23-14-10-9-11-15-23/h9-11,14-17,21,25H,6-8,12-13,18-20H2,1-5H3,(H,31,35). The fourth-order valence-corrected chi connectivity index (χ4v) is 4.92. The summed E-state index contributed by atoms with van der Waals surface area (Å²) in [6, 6.07) is 12.9. The van der Waals surface area contributed by atoms with Gasteiger partial charge in [0.1, 0.15) is 5.76 Å². The summed E-state index contributed by atoms with van der Waals surface area (Å²) < 4.78 is 11.2. The van der Waals surface area contributed by atoms with Gasteiger partial charge >= 0.3 is 5.97 Å². The molecule has 0 saturated heterocycles. The number of esters is 1. The number of benzene rings is 1. The molecule has 1 N–H and O–H groups in total. The molecule has 8 heteroatoms. The number of rotatable bonds is 13. The van der Waals surface area contributed by atoms with Crippen molar-refractivity contribution < 1.29 is 23.5 Å². The van der Waals surface area contributed by atoms with Crippen LogP contribution in [0.2, 0.25) is 0 Å². The molecule has 2 aromatic rings. The van der Waals surface area contributed by atoms with Crippen molar-refractivity contribution in [2.24, 2.45) is 0 Å². The van der Waals surface area contributed by atoms with Crippen molar-refractivity contribution in [1.82, 2.24) is 15.1 Å². The number of nitrogens with one attached hydrogen (secondary N) is 1. The molecule has 1 aromatic heterocycles. The summed E-state index contributed by atoms with van der Waals surface area (Å²) in [5, 5.41) is 3.00. The molecule has 1 aromatic carbocycles. The summed E-state index contributed by atoms with van der Waals surface area (Å²) in [6.45, 7) is 13.2. The number of hydrogen-bond donors (Lipinski definition) is 1. The second kappa shape index (κ2) is 14.0.